The standard InChI is InChI=1S/C6H13N3O/c1-6(2,3)5-8-4-9(7)10-5/h4-5H,7H2,1-3H3. The van der Waals surface area contributed by atoms with E-state index in [0.29, 0.717) is 0 Å². The van der Waals surface area contributed by atoms with Crippen LogP contribution in [0.15, 0.2) is 4.99 Å². The van der Waals surface area contributed by atoms with E-state index in [1.165, 1.54) is 6.34 Å². The van der Waals surface area contributed by atoms with E-state index in [-0.39, 0.29) is 11.6 Å². The van der Waals surface area contributed by atoms with Crippen molar-refractivity contribution >= 4 is 6.34 Å². The summed E-state index contributed by atoms with van der Waals surface area (Å²) in [5, 5.41) is 1.13. The Kier molecular flexibility index (Phi) is 1.66. The predicted molar refractivity (Wildman–Crippen MR) is 38.8 cm³/mol. The van der Waals surface area contributed by atoms with Gasteiger partial charge in [-0.05, 0) is 0 Å². The number of hydrazine groups is 1. The second-order valence-electron chi connectivity index (χ2n) is 3.45. The molecule has 0 aliphatic carbocycles. The van der Waals surface area contributed by atoms with E-state index < -0.39 is 0 Å². The summed E-state index contributed by atoms with van der Waals surface area (Å²) in [7, 11) is 0. The van der Waals surface area contributed by atoms with Gasteiger partial charge < -0.3 is 0 Å². The number of hydrogen-bond acceptors (Lipinski definition) is 4. The topological polar surface area (TPSA) is 50.8 Å². The monoisotopic (exact) mass is 143 g/mol. The molecule has 0 aromatic heterocycles. The van der Waals surface area contributed by atoms with Crippen molar-refractivity contribution < 1.29 is 4.84 Å². The van der Waals surface area contributed by atoms with E-state index in [4.69, 9.17) is 10.7 Å². The van der Waals surface area contributed by atoms with E-state index in [2.05, 4.69) is 4.99 Å². The Balaban J connectivity index is 2.55. The van der Waals surface area contributed by atoms with Gasteiger partial charge in [0.2, 0.25) is 0 Å². The van der Waals surface area contributed by atoms with Crippen LogP contribution in [0.1, 0.15) is 20.8 Å². The summed E-state index contributed by atoms with van der Waals surface area (Å²) in [6.45, 7) is 6.15. The molecule has 2 N–H and O–H groups in total. The lowest BCUT2D eigenvalue weighted by Gasteiger charge is -2.23. The number of rotatable bonds is 0. The fourth-order valence-corrected chi connectivity index (χ4v) is 0.678. The lowest BCUT2D eigenvalue weighted by molar-refractivity contribution is -0.153. The van der Waals surface area contributed by atoms with E-state index in [0.717, 1.165) is 5.17 Å². The fourth-order valence-electron chi connectivity index (χ4n) is 0.678. The van der Waals surface area contributed by atoms with E-state index >= 15 is 0 Å². The maximum atomic E-state index is 5.28. The maximum Gasteiger partial charge on any atom is 0.183 e. The molecular weight excluding hydrogens is 130 g/mol. The number of aliphatic imine (C=N–C) groups is 1. The molecule has 10 heavy (non-hydrogen) atoms. The third kappa shape index (κ3) is 1.46. The highest BCUT2D eigenvalue weighted by atomic mass is 16.7. The number of nitrogens with two attached hydrogens (primary N) is 1. The van der Waals surface area contributed by atoms with Gasteiger partial charge in [0.1, 0.15) is 6.34 Å². The molecule has 0 amide bonds. The van der Waals surface area contributed by atoms with Crippen LogP contribution in [0.4, 0.5) is 0 Å². The van der Waals surface area contributed by atoms with Crippen molar-refractivity contribution in [1.82, 2.24) is 5.17 Å². The van der Waals surface area contributed by atoms with Crippen molar-refractivity contribution in [1.29, 1.82) is 0 Å². The minimum Gasteiger partial charge on any atom is -0.237 e. The smallest absolute Gasteiger partial charge is 0.183 e. The molecule has 1 heterocycles. The van der Waals surface area contributed by atoms with Crippen LogP contribution in [0.5, 0.6) is 0 Å². The Morgan fingerprint density at radius 1 is 1.60 bits per heavy atom. The first kappa shape index (κ1) is 7.50. The van der Waals surface area contributed by atoms with Crippen molar-refractivity contribution in [3.63, 3.8) is 0 Å². The van der Waals surface area contributed by atoms with Gasteiger partial charge in [-0.1, -0.05) is 20.8 Å². The zero-order chi connectivity index (χ0) is 7.78. The zero-order valence-corrected chi connectivity index (χ0v) is 6.53. The molecule has 1 aliphatic rings. The molecule has 1 atom stereocenters. The molecule has 0 aromatic carbocycles. The summed E-state index contributed by atoms with van der Waals surface area (Å²) in [5.74, 6) is 5.28. The van der Waals surface area contributed by atoms with Crippen molar-refractivity contribution in [2.24, 2.45) is 16.3 Å². The molecule has 0 saturated heterocycles. The third-order valence-electron chi connectivity index (χ3n) is 1.28. The van der Waals surface area contributed by atoms with Gasteiger partial charge in [-0.3, -0.25) is 0 Å². The SMILES string of the molecule is CC(C)(C)C1N=CN(N)O1. The molecule has 4 nitrogen and oxygen atoms in total. The summed E-state index contributed by atoms with van der Waals surface area (Å²) in [4.78, 5) is 9.16. The van der Waals surface area contributed by atoms with Crippen molar-refractivity contribution in [3.8, 4) is 0 Å². The van der Waals surface area contributed by atoms with Crippen LogP contribution in [0.3, 0.4) is 0 Å². The zero-order valence-electron chi connectivity index (χ0n) is 6.53. The summed E-state index contributed by atoms with van der Waals surface area (Å²) in [6, 6.07) is 0. The van der Waals surface area contributed by atoms with Crippen molar-refractivity contribution in [3.05, 3.63) is 0 Å². The molecule has 0 spiro atoms. The van der Waals surface area contributed by atoms with Crippen molar-refractivity contribution in [2.45, 2.75) is 27.0 Å². The Morgan fingerprint density at radius 3 is 2.40 bits per heavy atom. The fraction of sp³-hybridized carbons (Fsp3) is 0.833. The number of nitrogens with zero attached hydrogens (tertiary/aromatic N) is 2. The van der Waals surface area contributed by atoms with Gasteiger partial charge in [-0.25, -0.2) is 15.7 Å². The molecule has 58 valence electrons. The molecule has 1 aliphatic heterocycles. The average molecular weight is 143 g/mol. The van der Waals surface area contributed by atoms with Crippen LogP contribution in [0, 0.1) is 5.41 Å². The Morgan fingerprint density at radius 2 is 2.20 bits per heavy atom. The highest BCUT2D eigenvalue weighted by Crippen LogP contribution is 2.25. The summed E-state index contributed by atoms with van der Waals surface area (Å²) in [5.41, 5.74) is 0.0185. The Bertz CT molecular complexity index is 150. The minimum atomic E-state index is -0.141. The van der Waals surface area contributed by atoms with Gasteiger partial charge in [0.25, 0.3) is 0 Å². The van der Waals surface area contributed by atoms with Crippen LogP contribution >= 0.6 is 0 Å². The predicted octanol–water partition coefficient (Wildman–Crippen LogP) is 0.508. The van der Waals surface area contributed by atoms with Gasteiger partial charge >= 0.3 is 0 Å². The van der Waals surface area contributed by atoms with Crippen LogP contribution in [-0.4, -0.2) is 17.7 Å². The first-order chi connectivity index (χ1) is 4.50. The molecule has 0 saturated carbocycles. The summed E-state index contributed by atoms with van der Waals surface area (Å²) in [6.07, 6.45) is 1.34. The van der Waals surface area contributed by atoms with E-state index in [9.17, 15) is 0 Å². The number of hydroxylamine groups is 1. The highest BCUT2D eigenvalue weighted by molar-refractivity contribution is 5.54. The van der Waals surface area contributed by atoms with E-state index in [1.807, 2.05) is 20.8 Å². The lowest BCUT2D eigenvalue weighted by Crippen LogP contribution is -2.32. The van der Waals surface area contributed by atoms with Crippen LogP contribution in [-0.2, 0) is 4.84 Å². The first-order valence-corrected chi connectivity index (χ1v) is 3.24. The largest absolute Gasteiger partial charge is 0.237 e. The molecule has 0 radical (unpaired) electrons. The molecule has 0 fully saturated rings. The Hall–Kier alpha value is -0.610. The quantitative estimate of drug-likeness (QED) is 0.502. The lowest BCUT2D eigenvalue weighted by atomic mass is 9.95. The average Bonchev–Trinajstić information content (AvgIpc) is 2.11. The molecule has 0 bridgehead atoms. The maximum absolute atomic E-state index is 5.28. The van der Waals surface area contributed by atoms with Gasteiger partial charge in [0.05, 0.1) is 0 Å². The summed E-state index contributed by atoms with van der Waals surface area (Å²) >= 11 is 0. The van der Waals surface area contributed by atoms with Crippen LogP contribution < -0.4 is 5.84 Å². The highest BCUT2D eigenvalue weighted by Gasteiger charge is 2.29. The van der Waals surface area contributed by atoms with Gasteiger partial charge in [0.15, 0.2) is 6.23 Å². The molecule has 1 rings (SSSR count). The van der Waals surface area contributed by atoms with Crippen LogP contribution in [0.25, 0.3) is 0 Å². The second-order valence-corrected chi connectivity index (χ2v) is 3.45. The third-order valence-corrected chi connectivity index (χ3v) is 1.28. The minimum absolute atomic E-state index is 0.0185. The van der Waals surface area contributed by atoms with Gasteiger partial charge in [-0.2, -0.15) is 5.17 Å². The van der Waals surface area contributed by atoms with E-state index in [1.54, 1.807) is 0 Å². The molecule has 0 aromatic rings. The van der Waals surface area contributed by atoms with Crippen LogP contribution in [0.2, 0.25) is 0 Å². The second kappa shape index (κ2) is 2.21. The van der Waals surface area contributed by atoms with Crippen molar-refractivity contribution in [2.75, 3.05) is 0 Å². The molecule has 4 heteroatoms. The molecule has 1 unspecified atom stereocenters. The summed E-state index contributed by atoms with van der Waals surface area (Å²) < 4.78 is 0. The van der Waals surface area contributed by atoms with Gasteiger partial charge in [0, 0.05) is 5.41 Å². The number of hydrogen-bond donors (Lipinski definition) is 1. The Labute approximate surface area is 60.6 Å². The van der Waals surface area contributed by atoms with Gasteiger partial charge in [-0.15, -0.1) is 0 Å². The first-order valence-electron chi connectivity index (χ1n) is 3.24. The normalized spacial score (nSPS) is 26.0. The molecular formula is C6H13N3O.